The van der Waals surface area contributed by atoms with E-state index in [1.54, 1.807) is 0 Å². The zero-order chi connectivity index (χ0) is 12.3. The molecule has 2 N–H and O–H groups in total. The number of carbonyl (C=O) groups is 1. The van der Waals surface area contributed by atoms with Crippen molar-refractivity contribution < 1.29 is 9.90 Å². The van der Waals surface area contributed by atoms with Gasteiger partial charge in [-0.25, -0.2) is 0 Å². The second-order valence-corrected chi connectivity index (χ2v) is 4.91. The minimum Gasteiger partial charge on any atom is -0.480 e. The molecule has 2 atom stereocenters. The molecular weight excluding hydrogens is 214 g/mol. The van der Waals surface area contributed by atoms with Gasteiger partial charge in [0.2, 0.25) is 0 Å². The third kappa shape index (κ3) is 2.67. The van der Waals surface area contributed by atoms with E-state index in [9.17, 15) is 4.79 Å². The molecule has 1 saturated heterocycles. The number of nitrogens with one attached hydrogen (secondary N) is 1. The predicted molar refractivity (Wildman–Crippen MR) is 66.9 cm³/mol. The number of benzene rings is 1. The number of carboxylic acids is 1. The summed E-state index contributed by atoms with van der Waals surface area (Å²) < 4.78 is 0. The Morgan fingerprint density at radius 2 is 2.12 bits per heavy atom. The minimum absolute atomic E-state index is 0.198. The van der Waals surface area contributed by atoms with Gasteiger partial charge in [0.15, 0.2) is 0 Å². The molecule has 1 aliphatic heterocycles. The van der Waals surface area contributed by atoms with Crippen molar-refractivity contribution in [3.63, 3.8) is 0 Å². The van der Waals surface area contributed by atoms with Crippen molar-refractivity contribution in [1.29, 1.82) is 0 Å². The Morgan fingerprint density at radius 1 is 1.47 bits per heavy atom. The Labute approximate surface area is 102 Å². The lowest BCUT2D eigenvalue weighted by Crippen LogP contribution is -2.35. The van der Waals surface area contributed by atoms with E-state index >= 15 is 0 Å². The molecule has 92 valence electrons. The molecule has 1 fully saturated rings. The normalized spacial score (nSPS) is 24.3. The van der Waals surface area contributed by atoms with Crippen molar-refractivity contribution >= 4 is 5.97 Å². The average molecular weight is 233 g/mol. The molecule has 1 heterocycles. The number of aryl methyl sites for hydroxylation is 1. The molecule has 1 aromatic carbocycles. The van der Waals surface area contributed by atoms with E-state index in [0.717, 1.165) is 19.3 Å². The number of carboxylic acid groups (broad SMARTS) is 1. The van der Waals surface area contributed by atoms with Crippen LogP contribution in [0.2, 0.25) is 0 Å². The van der Waals surface area contributed by atoms with Crippen LogP contribution in [0.15, 0.2) is 30.3 Å². The van der Waals surface area contributed by atoms with Gasteiger partial charge in [0.1, 0.15) is 5.54 Å². The van der Waals surface area contributed by atoms with Gasteiger partial charge in [0, 0.05) is 6.54 Å². The van der Waals surface area contributed by atoms with Gasteiger partial charge < -0.3 is 5.11 Å². The second-order valence-electron chi connectivity index (χ2n) is 4.91. The Balaban J connectivity index is 1.78. The molecule has 1 aliphatic rings. The predicted octanol–water partition coefficient (Wildman–Crippen LogP) is 2.07. The maximum atomic E-state index is 11.1. The van der Waals surface area contributed by atoms with Crippen LogP contribution in [0.25, 0.3) is 0 Å². The first-order valence-electron chi connectivity index (χ1n) is 6.17. The zero-order valence-corrected chi connectivity index (χ0v) is 10.1. The molecule has 0 spiro atoms. The fraction of sp³-hybridized carbons (Fsp3) is 0.500. The first-order valence-corrected chi connectivity index (χ1v) is 6.17. The first kappa shape index (κ1) is 12.1. The van der Waals surface area contributed by atoms with Crippen molar-refractivity contribution in [2.75, 3.05) is 6.54 Å². The van der Waals surface area contributed by atoms with Gasteiger partial charge in [0.05, 0.1) is 0 Å². The standard InChI is InChI=1S/C14H19NO2/c1-11(14(10-15-14)13(16)17)6-5-9-12-7-3-2-4-8-12/h2-4,7-8,11,15H,5-6,9-10H2,1H3,(H,16,17). The fourth-order valence-electron chi connectivity index (χ4n) is 2.31. The zero-order valence-electron chi connectivity index (χ0n) is 10.1. The third-order valence-electron chi connectivity index (χ3n) is 3.73. The maximum absolute atomic E-state index is 11.1. The summed E-state index contributed by atoms with van der Waals surface area (Å²) in [6.45, 7) is 2.65. The minimum atomic E-state index is -0.704. The van der Waals surface area contributed by atoms with Crippen molar-refractivity contribution in [1.82, 2.24) is 5.32 Å². The lowest BCUT2D eigenvalue weighted by Gasteiger charge is -2.17. The largest absolute Gasteiger partial charge is 0.480 e. The highest BCUT2D eigenvalue weighted by atomic mass is 16.4. The summed E-state index contributed by atoms with van der Waals surface area (Å²) in [5.41, 5.74) is 0.698. The van der Waals surface area contributed by atoms with Gasteiger partial charge in [-0.3, -0.25) is 10.1 Å². The molecule has 0 saturated carbocycles. The Hall–Kier alpha value is -1.35. The van der Waals surface area contributed by atoms with E-state index in [1.165, 1.54) is 5.56 Å². The summed E-state index contributed by atoms with van der Waals surface area (Å²) in [6.07, 6.45) is 3.02. The van der Waals surface area contributed by atoms with Crippen LogP contribution in [-0.2, 0) is 11.2 Å². The van der Waals surface area contributed by atoms with Crippen LogP contribution in [0.5, 0.6) is 0 Å². The van der Waals surface area contributed by atoms with Crippen LogP contribution >= 0.6 is 0 Å². The van der Waals surface area contributed by atoms with E-state index in [1.807, 2.05) is 25.1 Å². The average Bonchev–Trinajstić information content (AvgIpc) is 3.11. The van der Waals surface area contributed by atoms with Crippen LogP contribution in [0.3, 0.4) is 0 Å². The summed E-state index contributed by atoms with van der Waals surface area (Å²) in [5.74, 6) is -0.506. The topological polar surface area (TPSA) is 59.2 Å². The molecule has 0 bridgehead atoms. The molecule has 2 rings (SSSR count). The van der Waals surface area contributed by atoms with Gasteiger partial charge >= 0.3 is 5.97 Å². The molecular formula is C14H19NO2. The highest BCUT2D eigenvalue weighted by Gasteiger charge is 2.53. The molecule has 0 aromatic heterocycles. The number of aliphatic carboxylic acids is 1. The Bertz CT molecular complexity index is 384. The van der Waals surface area contributed by atoms with E-state index in [0.29, 0.717) is 6.54 Å². The van der Waals surface area contributed by atoms with Crippen LogP contribution < -0.4 is 5.32 Å². The van der Waals surface area contributed by atoms with Crippen molar-refractivity contribution in [2.45, 2.75) is 31.7 Å². The number of rotatable bonds is 6. The van der Waals surface area contributed by atoms with Gasteiger partial charge in [-0.05, 0) is 30.7 Å². The van der Waals surface area contributed by atoms with Gasteiger partial charge in [-0.2, -0.15) is 0 Å². The lowest BCUT2D eigenvalue weighted by atomic mass is 9.88. The van der Waals surface area contributed by atoms with Crippen molar-refractivity contribution in [3.05, 3.63) is 35.9 Å². The van der Waals surface area contributed by atoms with Crippen LogP contribution in [0.1, 0.15) is 25.3 Å². The lowest BCUT2D eigenvalue weighted by molar-refractivity contribution is -0.141. The molecule has 3 nitrogen and oxygen atoms in total. The Morgan fingerprint density at radius 3 is 2.65 bits per heavy atom. The smallest absolute Gasteiger partial charge is 0.325 e. The van der Waals surface area contributed by atoms with E-state index in [4.69, 9.17) is 5.11 Å². The Kier molecular flexibility index (Phi) is 3.48. The molecule has 0 radical (unpaired) electrons. The maximum Gasteiger partial charge on any atom is 0.325 e. The molecule has 1 aromatic rings. The first-order chi connectivity index (χ1) is 8.15. The summed E-state index contributed by atoms with van der Waals surface area (Å²) in [6, 6.07) is 10.3. The van der Waals surface area contributed by atoms with Crippen molar-refractivity contribution in [3.8, 4) is 0 Å². The summed E-state index contributed by atoms with van der Waals surface area (Å²) in [7, 11) is 0. The fourth-order valence-corrected chi connectivity index (χ4v) is 2.31. The molecule has 17 heavy (non-hydrogen) atoms. The quantitative estimate of drug-likeness (QED) is 0.739. The van der Waals surface area contributed by atoms with E-state index in [2.05, 4.69) is 17.4 Å². The van der Waals surface area contributed by atoms with Gasteiger partial charge in [-0.15, -0.1) is 0 Å². The van der Waals surface area contributed by atoms with Crippen molar-refractivity contribution in [2.24, 2.45) is 5.92 Å². The third-order valence-corrected chi connectivity index (χ3v) is 3.73. The number of hydrogen-bond donors (Lipinski definition) is 2. The number of hydrogen-bond acceptors (Lipinski definition) is 2. The monoisotopic (exact) mass is 233 g/mol. The summed E-state index contributed by atoms with van der Waals surface area (Å²) in [4.78, 5) is 11.1. The van der Waals surface area contributed by atoms with Gasteiger partial charge in [0.25, 0.3) is 0 Å². The van der Waals surface area contributed by atoms with E-state index < -0.39 is 11.5 Å². The summed E-state index contributed by atoms with van der Waals surface area (Å²) in [5, 5.41) is 12.1. The SMILES string of the molecule is CC(CCCc1ccccc1)C1(C(=O)O)CN1. The summed E-state index contributed by atoms with van der Waals surface area (Å²) >= 11 is 0. The second kappa shape index (κ2) is 4.88. The van der Waals surface area contributed by atoms with E-state index in [-0.39, 0.29) is 5.92 Å². The van der Waals surface area contributed by atoms with Gasteiger partial charge in [-0.1, -0.05) is 37.3 Å². The van der Waals surface area contributed by atoms with Crippen LogP contribution in [0, 0.1) is 5.92 Å². The van der Waals surface area contributed by atoms with Crippen LogP contribution in [0.4, 0.5) is 0 Å². The highest BCUT2D eigenvalue weighted by molar-refractivity contribution is 5.83. The van der Waals surface area contributed by atoms with Crippen LogP contribution in [-0.4, -0.2) is 23.2 Å². The molecule has 0 aliphatic carbocycles. The molecule has 2 unspecified atom stereocenters. The highest BCUT2D eigenvalue weighted by Crippen LogP contribution is 2.31. The molecule has 3 heteroatoms. The molecule has 0 amide bonds.